The Bertz CT molecular complexity index is 1050. The molecule has 1 spiro atoms. The first-order chi connectivity index (χ1) is 16.5. The molecule has 5 rings (SSSR count). The number of hydrogen-bond donors (Lipinski definition) is 0. The standard InChI is InChI=1S/C27H33N3O4/c1-33-23-8-7-22(25(28-23)34-2)26(32)30-14-11-27(18-30)9-12-29(13-10-27)24(31)17-19-15-20-5-3-4-6-21(20)16-19/h3-8,19H,9-18H2,1-2H3. The SMILES string of the molecule is COc1ccc(C(=O)N2CCC3(CCN(C(=O)CC4Cc5ccccc5C4)CC3)C2)c(OC)n1. The van der Waals surface area contributed by atoms with Gasteiger partial charge in [0, 0.05) is 38.7 Å². The van der Waals surface area contributed by atoms with E-state index in [1.165, 1.54) is 25.3 Å². The summed E-state index contributed by atoms with van der Waals surface area (Å²) < 4.78 is 10.5. The minimum Gasteiger partial charge on any atom is -0.481 e. The van der Waals surface area contributed by atoms with Crippen LogP contribution in [0.4, 0.5) is 0 Å². The Kier molecular flexibility index (Phi) is 6.19. The number of nitrogens with zero attached hydrogens (tertiary/aromatic N) is 3. The number of pyridine rings is 1. The molecule has 34 heavy (non-hydrogen) atoms. The first-order valence-corrected chi connectivity index (χ1v) is 12.2. The fraction of sp³-hybridized carbons (Fsp3) is 0.519. The predicted octanol–water partition coefficient (Wildman–Crippen LogP) is 3.36. The molecule has 1 aromatic carbocycles. The van der Waals surface area contributed by atoms with Crippen LogP contribution in [0, 0.1) is 11.3 Å². The Hall–Kier alpha value is -3.09. The van der Waals surface area contributed by atoms with Gasteiger partial charge in [0.2, 0.25) is 17.7 Å². The molecule has 0 N–H and O–H groups in total. The molecule has 7 nitrogen and oxygen atoms in total. The summed E-state index contributed by atoms with van der Waals surface area (Å²) in [6.45, 7) is 3.02. The molecule has 3 heterocycles. The highest BCUT2D eigenvalue weighted by Crippen LogP contribution is 2.41. The van der Waals surface area contributed by atoms with Gasteiger partial charge in [-0.25, -0.2) is 0 Å². The van der Waals surface area contributed by atoms with E-state index in [2.05, 4.69) is 34.1 Å². The van der Waals surface area contributed by atoms with Crippen molar-refractivity contribution in [1.82, 2.24) is 14.8 Å². The van der Waals surface area contributed by atoms with Gasteiger partial charge >= 0.3 is 0 Å². The van der Waals surface area contributed by atoms with Gasteiger partial charge in [-0.05, 0) is 60.6 Å². The van der Waals surface area contributed by atoms with E-state index in [4.69, 9.17) is 9.47 Å². The molecule has 0 saturated carbocycles. The average Bonchev–Trinajstić information content (AvgIpc) is 3.47. The van der Waals surface area contributed by atoms with Gasteiger partial charge in [0.15, 0.2) is 0 Å². The van der Waals surface area contributed by atoms with Crippen LogP contribution >= 0.6 is 0 Å². The number of aromatic nitrogens is 1. The maximum absolute atomic E-state index is 13.2. The third kappa shape index (κ3) is 4.36. The molecule has 0 atom stereocenters. The minimum absolute atomic E-state index is 0.0526. The largest absolute Gasteiger partial charge is 0.481 e. The highest BCUT2D eigenvalue weighted by Gasteiger charge is 2.43. The van der Waals surface area contributed by atoms with Gasteiger partial charge in [-0.3, -0.25) is 9.59 Å². The van der Waals surface area contributed by atoms with E-state index in [-0.39, 0.29) is 17.2 Å². The lowest BCUT2D eigenvalue weighted by atomic mass is 9.77. The average molecular weight is 464 g/mol. The molecule has 7 heteroatoms. The second-order valence-corrected chi connectivity index (χ2v) is 10.0. The van der Waals surface area contributed by atoms with Crippen LogP contribution in [0.5, 0.6) is 11.8 Å². The molecule has 3 aliphatic rings. The zero-order chi connectivity index (χ0) is 23.7. The Balaban J connectivity index is 1.15. The van der Waals surface area contributed by atoms with Crippen molar-refractivity contribution in [3.63, 3.8) is 0 Å². The molecule has 2 saturated heterocycles. The molecule has 0 bridgehead atoms. The van der Waals surface area contributed by atoms with Gasteiger partial charge in [-0.15, -0.1) is 0 Å². The summed E-state index contributed by atoms with van der Waals surface area (Å²) in [4.78, 5) is 34.5. The van der Waals surface area contributed by atoms with Crippen LogP contribution in [0.1, 0.15) is 47.2 Å². The molecule has 2 amide bonds. The Morgan fingerprint density at radius 3 is 2.21 bits per heavy atom. The molecular formula is C27H33N3O4. The second kappa shape index (κ2) is 9.28. The van der Waals surface area contributed by atoms with E-state index in [1.54, 1.807) is 12.1 Å². The van der Waals surface area contributed by atoms with Gasteiger partial charge in [0.1, 0.15) is 5.56 Å². The zero-order valence-electron chi connectivity index (χ0n) is 20.1. The van der Waals surface area contributed by atoms with Crippen molar-refractivity contribution >= 4 is 11.8 Å². The van der Waals surface area contributed by atoms with Crippen molar-refractivity contribution in [2.24, 2.45) is 11.3 Å². The van der Waals surface area contributed by atoms with Crippen molar-refractivity contribution < 1.29 is 19.1 Å². The topological polar surface area (TPSA) is 72.0 Å². The number of ether oxygens (including phenoxy) is 2. The molecule has 180 valence electrons. The number of benzene rings is 1. The third-order valence-corrected chi connectivity index (χ3v) is 7.97. The van der Waals surface area contributed by atoms with Gasteiger partial charge in [-0.2, -0.15) is 4.98 Å². The number of fused-ring (bicyclic) bond motifs is 1. The van der Waals surface area contributed by atoms with Crippen molar-refractivity contribution in [3.8, 4) is 11.8 Å². The number of hydrogen-bond acceptors (Lipinski definition) is 5. The van der Waals surface area contributed by atoms with Crippen LogP contribution < -0.4 is 9.47 Å². The van der Waals surface area contributed by atoms with E-state index in [0.717, 1.165) is 58.3 Å². The molecular weight excluding hydrogens is 430 g/mol. The first-order valence-electron chi connectivity index (χ1n) is 12.2. The van der Waals surface area contributed by atoms with Gasteiger partial charge in [-0.1, -0.05) is 24.3 Å². The normalized spacial score (nSPS) is 19.4. The van der Waals surface area contributed by atoms with Gasteiger partial charge in [0.05, 0.1) is 14.2 Å². The highest BCUT2D eigenvalue weighted by atomic mass is 16.5. The fourth-order valence-electron chi connectivity index (χ4n) is 5.94. The number of amides is 2. The first kappa shape index (κ1) is 22.7. The minimum atomic E-state index is -0.0526. The smallest absolute Gasteiger partial charge is 0.259 e. The molecule has 1 aliphatic carbocycles. The van der Waals surface area contributed by atoms with Crippen LogP contribution in [0.15, 0.2) is 36.4 Å². The Morgan fingerprint density at radius 1 is 0.941 bits per heavy atom. The van der Waals surface area contributed by atoms with Crippen molar-refractivity contribution in [3.05, 3.63) is 53.1 Å². The summed E-state index contributed by atoms with van der Waals surface area (Å²) in [7, 11) is 3.05. The molecule has 0 radical (unpaired) electrons. The summed E-state index contributed by atoms with van der Waals surface area (Å²) in [6, 6.07) is 12.0. The fourth-order valence-corrected chi connectivity index (χ4v) is 5.94. The number of methoxy groups -OCH3 is 2. The molecule has 2 aliphatic heterocycles. The van der Waals surface area contributed by atoms with Gasteiger partial charge < -0.3 is 19.3 Å². The lowest BCUT2D eigenvalue weighted by molar-refractivity contribution is -0.134. The molecule has 1 aromatic heterocycles. The van der Waals surface area contributed by atoms with E-state index < -0.39 is 0 Å². The molecule has 2 aromatic rings. The van der Waals surface area contributed by atoms with E-state index in [0.29, 0.717) is 29.7 Å². The summed E-state index contributed by atoms with van der Waals surface area (Å²) in [5.74, 6) is 1.37. The maximum atomic E-state index is 13.2. The van der Waals surface area contributed by atoms with Gasteiger partial charge in [0.25, 0.3) is 5.91 Å². The predicted molar refractivity (Wildman–Crippen MR) is 128 cm³/mol. The number of likely N-dealkylation sites (tertiary alicyclic amines) is 2. The third-order valence-electron chi connectivity index (χ3n) is 7.97. The van der Waals surface area contributed by atoms with E-state index >= 15 is 0 Å². The number of carbonyl (C=O) groups excluding carboxylic acids is 2. The lowest BCUT2D eigenvalue weighted by Gasteiger charge is -2.39. The number of piperidine rings is 1. The highest BCUT2D eigenvalue weighted by molar-refractivity contribution is 5.96. The summed E-state index contributed by atoms with van der Waals surface area (Å²) in [5.41, 5.74) is 3.36. The van der Waals surface area contributed by atoms with Crippen LogP contribution in [-0.4, -0.2) is 67.0 Å². The summed E-state index contributed by atoms with van der Waals surface area (Å²) >= 11 is 0. The zero-order valence-corrected chi connectivity index (χ0v) is 20.1. The quantitative estimate of drug-likeness (QED) is 0.680. The van der Waals surface area contributed by atoms with Crippen molar-refractivity contribution in [1.29, 1.82) is 0 Å². The van der Waals surface area contributed by atoms with Crippen molar-refractivity contribution in [2.45, 2.75) is 38.5 Å². The Morgan fingerprint density at radius 2 is 1.59 bits per heavy atom. The van der Waals surface area contributed by atoms with Crippen molar-refractivity contribution in [2.75, 3.05) is 40.4 Å². The maximum Gasteiger partial charge on any atom is 0.259 e. The summed E-state index contributed by atoms with van der Waals surface area (Å²) in [5, 5.41) is 0. The molecule has 0 unspecified atom stereocenters. The van der Waals surface area contributed by atoms with E-state index in [9.17, 15) is 9.59 Å². The lowest BCUT2D eigenvalue weighted by Crippen LogP contribution is -2.45. The summed E-state index contributed by atoms with van der Waals surface area (Å²) in [6.07, 6.45) is 5.54. The van der Waals surface area contributed by atoms with Crippen LogP contribution in [0.2, 0.25) is 0 Å². The molecule has 2 fully saturated rings. The second-order valence-electron chi connectivity index (χ2n) is 10.0. The van der Waals surface area contributed by atoms with Crippen LogP contribution in [0.25, 0.3) is 0 Å². The van der Waals surface area contributed by atoms with Crippen LogP contribution in [0.3, 0.4) is 0 Å². The van der Waals surface area contributed by atoms with Crippen LogP contribution in [-0.2, 0) is 17.6 Å². The van der Waals surface area contributed by atoms with E-state index in [1.807, 2.05) is 4.90 Å². The monoisotopic (exact) mass is 463 g/mol. The number of carbonyl (C=O) groups is 2. The Labute approximate surface area is 201 Å². The number of rotatable bonds is 5.